The maximum atomic E-state index is 12.6. The highest BCUT2D eigenvalue weighted by molar-refractivity contribution is 7.98. The summed E-state index contributed by atoms with van der Waals surface area (Å²) in [5, 5.41) is 0.977. The second kappa shape index (κ2) is 9.18. The van der Waals surface area contributed by atoms with E-state index in [9.17, 15) is 13.2 Å². The Balaban J connectivity index is 1.34. The number of hydrogen-bond donors (Lipinski definition) is 0. The summed E-state index contributed by atoms with van der Waals surface area (Å²) in [6, 6.07) is 13.0. The lowest BCUT2D eigenvalue weighted by molar-refractivity contribution is -0.131. The first-order valence-corrected chi connectivity index (χ1v) is 13.8. The number of carbonyl (C=O) groups is 1. The highest BCUT2D eigenvalue weighted by Gasteiger charge is 2.25. The van der Waals surface area contributed by atoms with Gasteiger partial charge in [-0.15, -0.1) is 11.8 Å². The fourth-order valence-electron chi connectivity index (χ4n) is 3.60. The molecule has 0 spiro atoms. The van der Waals surface area contributed by atoms with Crippen LogP contribution < -0.4 is 4.90 Å². The third kappa shape index (κ3) is 4.88. The number of rotatable bonds is 6. The summed E-state index contributed by atoms with van der Waals surface area (Å²) in [5.74, 6) is -0.269. The minimum Gasteiger partial charge on any atom is -0.345 e. The van der Waals surface area contributed by atoms with E-state index < -0.39 is 9.84 Å². The molecule has 9 heteroatoms. The number of amides is 1. The van der Waals surface area contributed by atoms with E-state index in [1.165, 1.54) is 9.60 Å². The molecule has 2 heterocycles. The van der Waals surface area contributed by atoms with Crippen molar-refractivity contribution >= 4 is 54.2 Å². The first-order valence-electron chi connectivity index (χ1n) is 10.1. The van der Waals surface area contributed by atoms with Gasteiger partial charge in [-0.05, 0) is 37.4 Å². The van der Waals surface area contributed by atoms with E-state index in [1.54, 1.807) is 52.3 Å². The van der Waals surface area contributed by atoms with E-state index in [4.69, 9.17) is 4.98 Å². The van der Waals surface area contributed by atoms with E-state index in [0.29, 0.717) is 26.2 Å². The van der Waals surface area contributed by atoms with Crippen molar-refractivity contribution < 1.29 is 13.2 Å². The van der Waals surface area contributed by atoms with Crippen LogP contribution in [0, 0.1) is 6.92 Å². The second-order valence-electron chi connectivity index (χ2n) is 7.55. The number of nitrogens with zero attached hydrogens (tertiary/aromatic N) is 3. The minimum atomic E-state index is -3.45. The molecule has 2 aromatic carbocycles. The molecule has 0 N–H and O–H groups in total. The molecule has 1 aliphatic heterocycles. The van der Waals surface area contributed by atoms with Gasteiger partial charge in [-0.2, -0.15) is 0 Å². The van der Waals surface area contributed by atoms with Crippen molar-refractivity contribution in [2.75, 3.05) is 43.1 Å². The maximum Gasteiger partial charge on any atom is 0.223 e. The summed E-state index contributed by atoms with van der Waals surface area (Å²) in [4.78, 5) is 22.9. The van der Waals surface area contributed by atoms with Crippen LogP contribution >= 0.6 is 23.1 Å². The molecule has 0 radical (unpaired) electrons. The quantitative estimate of drug-likeness (QED) is 0.505. The standard InChI is InChI=1S/C22H25N3O3S3/c1-16-6-8-17(9-7-16)31(27,28)15-10-20(26)24-11-13-25(14-12-24)22-23-21-18(29-2)4-3-5-19(21)30-22/h3-9H,10-15H2,1-2H3. The molecule has 0 unspecified atom stereocenters. The van der Waals surface area contributed by atoms with Crippen molar-refractivity contribution in [3.05, 3.63) is 48.0 Å². The van der Waals surface area contributed by atoms with Gasteiger partial charge in [0.1, 0.15) is 0 Å². The van der Waals surface area contributed by atoms with Gasteiger partial charge >= 0.3 is 0 Å². The number of thioether (sulfide) groups is 1. The van der Waals surface area contributed by atoms with Crippen molar-refractivity contribution in [1.82, 2.24) is 9.88 Å². The third-order valence-corrected chi connectivity index (χ3v) is 9.04. The number of benzene rings is 2. The van der Waals surface area contributed by atoms with Crippen molar-refractivity contribution in [3.8, 4) is 0 Å². The number of anilines is 1. The summed E-state index contributed by atoms with van der Waals surface area (Å²) in [5.41, 5.74) is 2.04. The summed E-state index contributed by atoms with van der Waals surface area (Å²) in [6.45, 7) is 4.47. The first-order chi connectivity index (χ1) is 14.9. The molecular weight excluding hydrogens is 450 g/mol. The van der Waals surface area contributed by atoms with Crippen LogP contribution in [-0.4, -0.2) is 62.4 Å². The van der Waals surface area contributed by atoms with Crippen molar-refractivity contribution in [2.24, 2.45) is 0 Å². The average molecular weight is 476 g/mol. The van der Waals surface area contributed by atoms with Crippen molar-refractivity contribution in [3.63, 3.8) is 0 Å². The zero-order valence-corrected chi connectivity index (χ0v) is 20.0. The smallest absolute Gasteiger partial charge is 0.223 e. The van der Waals surface area contributed by atoms with Crippen molar-refractivity contribution in [1.29, 1.82) is 0 Å². The lowest BCUT2D eigenvalue weighted by Gasteiger charge is -2.34. The topological polar surface area (TPSA) is 70.6 Å². The Labute approximate surface area is 191 Å². The molecule has 3 aromatic rings. The van der Waals surface area contributed by atoms with Gasteiger partial charge in [0, 0.05) is 37.5 Å². The molecule has 164 valence electrons. The van der Waals surface area contributed by atoms with E-state index in [0.717, 1.165) is 16.2 Å². The van der Waals surface area contributed by atoms with E-state index >= 15 is 0 Å². The molecule has 0 saturated carbocycles. The monoisotopic (exact) mass is 475 g/mol. The van der Waals surface area contributed by atoms with Gasteiger partial charge in [0.15, 0.2) is 15.0 Å². The van der Waals surface area contributed by atoms with Crippen LogP contribution in [0.4, 0.5) is 5.13 Å². The van der Waals surface area contributed by atoms with Crippen LogP contribution in [0.5, 0.6) is 0 Å². The van der Waals surface area contributed by atoms with Gasteiger partial charge in [0.05, 0.1) is 20.9 Å². The maximum absolute atomic E-state index is 12.6. The Kier molecular flexibility index (Phi) is 6.55. The number of piperazine rings is 1. The van der Waals surface area contributed by atoms with Gasteiger partial charge in [-0.25, -0.2) is 13.4 Å². The van der Waals surface area contributed by atoms with Crippen LogP contribution in [-0.2, 0) is 14.6 Å². The molecule has 1 saturated heterocycles. The normalized spacial score (nSPS) is 14.9. The molecule has 1 amide bonds. The summed E-state index contributed by atoms with van der Waals surface area (Å²) in [7, 11) is -3.45. The number of fused-ring (bicyclic) bond motifs is 1. The Morgan fingerprint density at radius 2 is 1.81 bits per heavy atom. The fraction of sp³-hybridized carbons (Fsp3) is 0.364. The summed E-state index contributed by atoms with van der Waals surface area (Å²) in [6.07, 6.45) is 2.06. The van der Waals surface area contributed by atoms with Gasteiger partial charge in [0.2, 0.25) is 5.91 Å². The van der Waals surface area contributed by atoms with Crippen molar-refractivity contribution in [2.45, 2.75) is 23.1 Å². The van der Waals surface area contributed by atoms with Crippen LogP contribution in [0.1, 0.15) is 12.0 Å². The molecule has 4 rings (SSSR count). The molecule has 0 atom stereocenters. The Morgan fingerprint density at radius 1 is 1.10 bits per heavy atom. The Hall–Kier alpha value is -2.10. The molecule has 1 fully saturated rings. The molecule has 31 heavy (non-hydrogen) atoms. The molecule has 0 aliphatic carbocycles. The van der Waals surface area contributed by atoms with Gasteiger partial charge < -0.3 is 9.80 Å². The predicted molar refractivity (Wildman–Crippen MR) is 128 cm³/mol. The molecule has 0 bridgehead atoms. The molecule has 1 aromatic heterocycles. The van der Waals surface area contributed by atoms with Crippen LogP contribution in [0.15, 0.2) is 52.3 Å². The molecule has 6 nitrogen and oxygen atoms in total. The number of para-hydroxylation sites is 1. The largest absolute Gasteiger partial charge is 0.345 e. The second-order valence-corrected chi connectivity index (χ2v) is 11.5. The Morgan fingerprint density at radius 3 is 2.48 bits per heavy atom. The summed E-state index contributed by atoms with van der Waals surface area (Å²) >= 11 is 3.37. The lowest BCUT2D eigenvalue weighted by Crippen LogP contribution is -2.49. The fourth-order valence-corrected chi connectivity index (χ4v) is 6.50. The SMILES string of the molecule is CSc1cccc2sc(N3CCN(C(=O)CCS(=O)(=O)c4ccc(C)cc4)CC3)nc12. The average Bonchev–Trinajstić information content (AvgIpc) is 3.22. The number of thiazole rings is 1. The zero-order valence-electron chi connectivity index (χ0n) is 17.6. The van der Waals surface area contributed by atoms with E-state index in [2.05, 4.69) is 29.4 Å². The number of aryl methyl sites for hydroxylation is 1. The number of aromatic nitrogens is 1. The van der Waals surface area contributed by atoms with E-state index in [-0.39, 0.29) is 23.0 Å². The van der Waals surface area contributed by atoms with E-state index in [1.807, 2.05) is 6.92 Å². The highest BCUT2D eigenvalue weighted by Crippen LogP contribution is 2.34. The first kappa shape index (κ1) is 22.1. The number of sulfone groups is 1. The number of hydrogen-bond acceptors (Lipinski definition) is 7. The lowest BCUT2D eigenvalue weighted by atomic mass is 10.2. The van der Waals surface area contributed by atoms with Crippen LogP contribution in [0.25, 0.3) is 10.2 Å². The third-order valence-electron chi connectivity index (χ3n) is 5.46. The highest BCUT2D eigenvalue weighted by atomic mass is 32.2. The minimum absolute atomic E-state index is 0.00836. The Bertz CT molecular complexity index is 1180. The van der Waals surface area contributed by atoms with Gasteiger partial charge in [-0.3, -0.25) is 4.79 Å². The summed E-state index contributed by atoms with van der Waals surface area (Å²) < 4.78 is 26.2. The molecule has 1 aliphatic rings. The van der Waals surface area contributed by atoms with Gasteiger partial charge in [0.25, 0.3) is 0 Å². The van der Waals surface area contributed by atoms with Crippen LogP contribution in [0.2, 0.25) is 0 Å². The number of carbonyl (C=O) groups excluding carboxylic acids is 1. The molecular formula is C22H25N3O3S3. The van der Waals surface area contributed by atoms with Gasteiger partial charge in [-0.1, -0.05) is 35.1 Å². The van der Waals surface area contributed by atoms with Crippen LogP contribution in [0.3, 0.4) is 0 Å². The zero-order chi connectivity index (χ0) is 22.0. The predicted octanol–water partition coefficient (Wildman–Crippen LogP) is 3.84.